The normalized spacial score (nSPS) is 12.6. The highest BCUT2D eigenvalue weighted by Crippen LogP contribution is 2.21. The molecule has 0 aromatic carbocycles. The first kappa shape index (κ1) is 11.0. The molecule has 1 aromatic heterocycles. The van der Waals surface area contributed by atoms with E-state index in [0.29, 0.717) is 0 Å². The summed E-state index contributed by atoms with van der Waals surface area (Å²) in [6.07, 6.45) is 2.10. The molecule has 0 bridgehead atoms. The van der Waals surface area contributed by atoms with Crippen molar-refractivity contribution in [2.75, 3.05) is 19.0 Å². The Morgan fingerprint density at radius 1 is 1.50 bits per heavy atom. The van der Waals surface area contributed by atoms with Crippen LogP contribution in [0.4, 0.5) is 5.82 Å². The number of nitrogens with zero attached hydrogens (tertiary/aromatic N) is 2. The fourth-order valence-corrected chi connectivity index (χ4v) is 1.37. The number of hydrogen-bond donors (Lipinski definition) is 1. The molecule has 0 radical (unpaired) electrons. The molecular weight excluding hydrogens is 176 g/mol. The van der Waals surface area contributed by atoms with Crippen LogP contribution < -0.4 is 4.90 Å². The average Bonchev–Trinajstić information content (AvgIpc) is 2.16. The second-order valence-corrected chi connectivity index (χ2v) is 3.72. The van der Waals surface area contributed by atoms with E-state index in [9.17, 15) is 5.11 Å². The van der Waals surface area contributed by atoms with Crippen LogP contribution >= 0.6 is 0 Å². The SMILES string of the molecule is CC[C@H](O)c1cnc(N(C)C)cc1C. The van der Waals surface area contributed by atoms with Gasteiger partial charge in [-0.2, -0.15) is 0 Å². The Balaban J connectivity index is 3.01. The standard InChI is InChI=1S/C11H18N2O/c1-5-10(14)9-7-12-11(13(3)4)6-8(9)2/h6-7,10,14H,5H2,1-4H3/t10-/m0/s1. The molecule has 1 N–H and O–H groups in total. The van der Waals surface area contributed by atoms with Crippen LogP contribution in [-0.2, 0) is 0 Å². The van der Waals surface area contributed by atoms with E-state index in [1.54, 1.807) is 6.20 Å². The van der Waals surface area contributed by atoms with Crippen LogP contribution in [-0.4, -0.2) is 24.2 Å². The number of rotatable bonds is 3. The maximum Gasteiger partial charge on any atom is 0.128 e. The molecule has 0 fully saturated rings. The Bertz CT molecular complexity index is 310. The van der Waals surface area contributed by atoms with Crippen LogP contribution in [0.1, 0.15) is 30.6 Å². The lowest BCUT2D eigenvalue weighted by Gasteiger charge is -2.15. The zero-order valence-electron chi connectivity index (χ0n) is 9.28. The van der Waals surface area contributed by atoms with Crippen molar-refractivity contribution in [3.05, 3.63) is 23.4 Å². The quantitative estimate of drug-likeness (QED) is 0.798. The van der Waals surface area contributed by atoms with E-state index in [0.717, 1.165) is 23.4 Å². The Kier molecular flexibility index (Phi) is 3.47. The molecule has 0 aliphatic carbocycles. The van der Waals surface area contributed by atoms with Gasteiger partial charge in [0.1, 0.15) is 5.82 Å². The molecule has 0 spiro atoms. The Hall–Kier alpha value is -1.09. The predicted octanol–water partition coefficient (Wildman–Crippen LogP) is 1.90. The van der Waals surface area contributed by atoms with Crippen LogP contribution in [0.15, 0.2) is 12.3 Å². The van der Waals surface area contributed by atoms with Gasteiger partial charge < -0.3 is 10.0 Å². The molecule has 1 heterocycles. The van der Waals surface area contributed by atoms with Gasteiger partial charge in [0.15, 0.2) is 0 Å². The highest BCUT2D eigenvalue weighted by atomic mass is 16.3. The highest BCUT2D eigenvalue weighted by Gasteiger charge is 2.09. The lowest BCUT2D eigenvalue weighted by Crippen LogP contribution is -2.11. The summed E-state index contributed by atoms with van der Waals surface area (Å²) in [5.74, 6) is 0.926. The number of aromatic nitrogens is 1. The van der Waals surface area contributed by atoms with Crippen molar-refractivity contribution in [3.8, 4) is 0 Å². The number of anilines is 1. The van der Waals surface area contributed by atoms with Gasteiger partial charge in [-0.3, -0.25) is 0 Å². The summed E-state index contributed by atoms with van der Waals surface area (Å²) >= 11 is 0. The third-order valence-electron chi connectivity index (χ3n) is 2.34. The van der Waals surface area contributed by atoms with Crippen LogP contribution in [0, 0.1) is 6.92 Å². The minimum absolute atomic E-state index is 0.390. The molecule has 0 aliphatic rings. The van der Waals surface area contributed by atoms with Gasteiger partial charge in [0.05, 0.1) is 6.10 Å². The fraction of sp³-hybridized carbons (Fsp3) is 0.545. The molecule has 0 unspecified atom stereocenters. The molecule has 0 aliphatic heterocycles. The average molecular weight is 194 g/mol. The first-order chi connectivity index (χ1) is 6.56. The van der Waals surface area contributed by atoms with Crippen molar-refractivity contribution in [1.29, 1.82) is 0 Å². The summed E-state index contributed by atoms with van der Waals surface area (Å²) in [7, 11) is 3.91. The topological polar surface area (TPSA) is 36.4 Å². The Labute approximate surface area is 85.4 Å². The number of aryl methyl sites for hydroxylation is 1. The molecule has 78 valence electrons. The maximum absolute atomic E-state index is 9.69. The van der Waals surface area contributed by atoms with E-state index in [4.69, 9.17) is 0 Å². The smallest absolute Gasteiger partial charge is 0.128 e. The summed E-state index contributed by atoms with van der Waals surface area (Å²) < 4.78 is 0. The van der Waals surface area contributed by atoms with E-state index in [1.165, 1.54) is 0 Å². The van der Waals surface area contributed by atoms with E-state index >= 15 is 0 Å². The zero-order chi connectivity index (χ0) is 10.7. The molecular formula is C11H18N2O. The van der Waals surface area contributed by atoms with Crippen LogP contribution in [0.3, 0.4) is 0 Å². The minimum Gasteiger partial charge on any atom is -0.388 e. The third kappa shape index (κ3) is 2.23. The molecule has 1 rings (SSSR count). The Morgan fingerprint density at radius 3 is 2.57 bits per heavy atom. The lowest BCUT2D eigenvalue weighted by molar-refractivity contribution is 0.172. The lowest BCUT2D eigenvalue weighted by atomic mass is 10.0. The second-order valence-electron chi connectivity index (χ2n) is 3.72. The van der Waals surface area contributed by atoms with Crippen molar-refractivity contribution >= 4 is 5.82 Å². The van der Waals surface area contributed by atoms with E-state index in [1.807, 2.05) is 38.9 Å². The molecule has 3 nitrogen and oxygen atoms in total. The van der Waals surface area contributed by atoms with Gasteiger partial charge in [0.2, 0.25) is 0 Å². The minimum atomic E-state index is -0.390. The van der Waals surface area contributed by atoms with Crippen molar-refractivity contribution in [2.24, 2.45) is 0 Å². The van der Waals surface area contributed by atoms with Gasteiger partial charge >= 0.3 is 0 Å². The molecule has 1 aromatic rings. The molecule has 0 saturated heterocycles. The largest absolute Gasteiger partial charge is 0.388 e. The van der Waals surface area contributed by atoms with Gasteiger partial charge in [-0.15, -0.1) is 0 Å². The van der Waals surface area contributed by atoms with Gasteiger partial charge in [-0.1, -0.05) is 6.92 Å². The molecule has 0 saturated carbocycles. The summed E-state index contributed by atoms with van der Waals surface area (Å²) in [4.78, 5) is 6.23. The molecule has 0 amide bonds. The second kappa shape index (κ2) is 4.42. The fourth-order valence-electron chi connectivity index (χ4n) is 1.37. The molecule has 14 heavy (non-hydrogen) atoms. The number of aliphatic hydroxyl groups excluding tert-OH is 1. The monoisotopic (exact) mass is 194 g/mol. The summed E-state index contributed by atoms with van der Waals surface area (Å²) in [6.45, 7) is 3.97. The third-order valence-corrected chi connectivity index (χ3v) is 2.34. The number of pyridine rings is 1. The van der Waals surface area contributed by atoms with Gasteiger partial charge in [-0.25, -0.2) is 4.98 Å². The van der Waals surface area contributed by atoms with Crippen molar-refractivity contribution < 1.29 is 5.11 Å². The first-order valence-electron chi connectivity index (χ1n) is 4.88. The van der Waals surface area contributed by atoms with Gasteiger partial charge in [0.25, 0.3) is 0 Å². The van der Waals surface area contributed by atoms with Crippen LogP contribution in [0.25, 0.3) is 0 Å². The highest BCUT2D eigenvalue weighted by molar-refractivity contribution is 5.42. The maximum atomic E-state index is 9.69. The Morgan fingerprint density at radius 2 is 2.14 bits per heavy atom. The van der Waals surface area contributed by atoms with E-state index in [2.05, 4.69) is 4.98 Å². The predicted molar refractivity (Wildman–Crippen MR) is 58.6 cm³/mol. The summed E-state index contributed by atoms with van der Waals surface area (Å²) in [5.41, 5.74) is 2.02. The van der Waals surface area contributed by atoms with Crippen LogP contribution in [0.2, 0.25) is 0 Å². The number of aliphatic hydroxyl groups is 1. The van der Waals surface area contributed by atoms with Crippen molar-refractivity contribution in [3.63, 3.8) is 0 Å². The summed E-state index contributed by atoms with van der Waals surface area (Å²) in [5, 5.41) is 9.69. The van der Waals surface area contributed by atoms with Gasteiger partial charge in [-0.05, 0) is 25.0 Å². The van der Waals surface area contributed by atoms with Crippen LogP contribution in [0.5, 0.6) is 0 Å². The van der Waals surface area contributed by atoms with Crippen molar-refractivity contribution in [1.82, 2.24) is 4.98 Å². The van der Waals surface area contributed by atoms with Crippen molar-refractivity contribution in [2.45, 2.75) is 26.4 Å². The number of hydrogen-bond acceptors (Lipinski definition) is 3. The van der Waals surface area contributed by atoms with E-state index in [-0.39, 0.29) is 0 Å². The molecule has 1 atom stereocenters. The zero-order valence-corrected chi connectivity index (χ0v) is 9.28. The summed E-state index contributed by atoms with van der Waals surface area (Å²) in [6, 6.07) is 1.99. The molecule has 3 heteroatoms. The van der Waals surface area contributed by atoms with E-state index < -0.39 is 6.10 Å². The van der Waals surface area contributed by atoms with Gasteiger partial charge in [0, 0.05) is 25.9 Å². The first-order valence-corrected chi connectivity index (χ1v) is 4.88.